The lowest BCUT2D eigenvalue weighted by Gasteiger charge is -2.35. The Bertz CT molecular complexity index is 1930. The summed E-state index contributed by atoms with van der Waals surface area (Å²) in [5.41, 5.74) is 5.53. The molecule has 54 heavy (non-hydrogen) atoms. The number of hydrogen-bond donors (Lipinski definition) is 2. The molecule has 1 unspecified atom stereocenters. The van der Waals surface area contributed by atoms with Crippen LogP contribution in [0.5, 0.6) is 11.5 Å². The number of carbonyl (C=O) groups excluding carboxylic acids is 2. The lowest BCUT2D eigenvalue weighted by Crippen LogP contribution is -2.35. The highest BCUT2D eigenvalue weighted by Gasteiger charge is 2.28. The summed E-state index contributed by atoms with van der Waals surface area (Å²) in [4.78, 5) is 48.6. The van der Waals surface area contributed by atoms with Crippen molar-refractivity contribution < 1.29 is 29.0 Å². The summed E-state index contributed by atoms with van der Waals surface area (Å²) in [6.07, 6.45) is 16.7. The summed E-state index contributed by atoms with van der Waals surface area (Å²) in [5.74, 6) is 2.57. The van der Waals surface area contributed by atoms with Crippen molar-refractivity contribution in [3.63, 3.8) is 0 Å². The van der Waals surface area contributed by atoms with Crippen LogP contribution in [-0.4, -0.2) is 58.5 Å². The minimum Gasteiger partial charge on any atom is -0.497 e. The Morgan fingerprint density at radius 2 is 1.57 bits per heavy atom. The first-order valence-electron chi connectivity index (χ1n) is 19.0. The quantitative estimate of drug-likeness (QED) is 0.132. The smallest absolute Gasteiger partial charge is 0.323 e. The highest BCUT2D eigenvalue weighted by Crippen LogP contribution is 2.41. The van der Waals surface area contributed by atoms with Crippen molar-refractivity contribution in [2.45, 2.75) is 71.3 Å². The van der Waals surface area contributed by atoms with Gasteiger partial charge in [-0.05, 0) is 91.3 Å². The SMILES string of the molecule is CCC1CCC(C2CC=C(c3cnc(-c4ccc(CN(CC(=O)O)C(=O)c5ccc(NC(=O)Cc6ccc(OC)cc6OC)cc5)cc4)nc3)CC2)CC1. The van der Waals surface area contributed by atoms with Crippen LogP contribution >= 0.6 is 0 Å². The molecule has 2 N–H and O–H groups in total. The van der Waals surface area contributed by atoms with Gasteiger partial charge in [-0.3, -0.25) is 14.4 Å². The highest BCUT2D eigenvalue weighted by molar-refractivity contribution is 5.97. The number of benzene rings is 3. The van der Waals surface area contributed by atoms with E-state index in [2.05, 4.69) is 28.3 Å². The monoisotopic (exact) mass is 730 g/mol. The average molecular weight is 731 g/mol. The molecule has 1 fully saturated rings. The molecule has 6 rings (SSSR count). The second-order valence-electron chi connectivity index (χ2n) is 14.5. The third kappa shape index (κ3) is 9.72. The zero-order chi connectivity index (χ0) is 38.0. The van der Waals surface area contributed by atoms with Gasteiger partial charge in [0, 0.05) is 52.9 Å². The molecule has 282 valence electrons. The standard InChI is InChI=1S/C44H50N4O6/c1-4-29-5-9-31(10-6-29)32-13-15-33(16-14-32)37-25-45-43(46-26-37)34-11-7-30(8-12-34)27-48(28-42(50)51)44(52)35-17-20-38(21-18-35)47-41(49)23-36-19-22-39(53-2)24-40(36)54-3/h7-8,11-12,15,17-22,24-26,29,31-32H,4-6,9-10,13-14,16,23,27-28H2,1-3H3,(H,47,49)(H,50,51). The third-order valence-corrected chi connectivity index (χ3v) is 11.1. The Labute approximate surface area is 317 Å². The Balaban J connectivity index is 1.04. The molecule has 10 heteroatoms. The van der Waals surface area contributed by atoms with Crippen LogP contribution in [0.3, 0.4) is 0 Å². The summed E-state index contributed by atoms with van der Waals surface area (Å²) < 4.78 is 10.6. The normalized spacial score (nSPS) is 18.3. The van der Waals surface area contributed by atoms with E-state index in [0.717, 1.165) is 47.3 Å². The molecule has 0 spiro atoms. The number of carboxylic acid groups (broad SMARTS) is 1. The van der Waals surface area contributed by atoms with Crippen molar-refractivity contribution in [3.05, 3.63) is 107 Å². The number of nitrogens with one attached hydrogen (secondary N) is 1. The van der Waals surface area contributed by atoms with Gasteiger partial charge in [0.05, 0.1) is 20.6 Å². The second-order valence-corrected chi connectivity index (χ2v) is 14.5. The van der Waals surface area contributed by atoms with Gasteiger partial charge in [-0.25, -0.2) is 9.97 Å². The molecule has 2 amide bonds. The van der Waals surface area contributed by atoms with E-state index in [1.165, 1.54) is 56.1 Å². The Morgan fingerprint density at radius 3 is 2.19 bits per heavy atom. The maximum Gasteiger partial charge on any atom is 0.323 e. The van der Waals surface area contributed by atoms with Gasteiger partial charge in [0.2, 0.25) is 5.91 Å². The van der Waals surface area contributed by atoms with Gasteiger partial charge in [0.1, 0.15) is 18.0 Å². The molecule has 10 nitrogen and oxygen atoms in total. The maximum absolute atomic E-state index is 13.5. The largest absolute Gasteiger partial charge is 0.497 e. The van der Waals surface area contributed by atoms with Crippen LogP contribution in [-0.2, 0) is 22.6 Å². The number of amides is 2. The van der Waals surface area contributed by atoms with Gasteiger partial charge in [-0.1, -0.05) is 62.6 Å². The molecule has 3 aromatic carbocycles. The Hall–Kier alpha value is -5.51. The number of carboxylic acids is 1. The van der Waals surface area contributed by atoms with Crippen molar-refractivity contribution in [2.24, 2.45) is 17.8 Å². The molecule has 1 aromatic heterocycles. The van der Waals surface area contributed by atoms with Crippen LogP contribution in [0.4, 0.5) is 5.69 Å². The maximum atomic E-state index is 13.5. The highest BCUT2D eigenvalue weighted by atomic mass is 16.5. The van der Waals surface area contributed by atoms with E-state index in [1.54, 1.807) is 49.6 Å². The van der Waals surface area contributed by atoms with E-state index < -0.39 is 18.4 Å². The Morgan fingerprint density at radius 1 is 0.852 bits per heavy atom. The lowest BCUT2D eigenvalue weighted by atomic mass is 9.71. The van der Waals surface area contributed by atoms with E-state index in [0.29, 0.717) is 34.1 Å². The number of aromatic nitrogens is 2. The number of allylic oxidation sites excluding steroid dienone is 2. The van der Waals surface area contributed by atoms with Gasteiger partial charge in [0.15, 0.2) is 5.82 Å². The van der Waals surface area contributed by atoms with Crippen molar-refractivity contribution in [1.82, 2.24) is 14.9 Å². The van der Waals surface area contributed by atoms with E-state index in [9.17, 15) is 19.5 Å². The Kier molecular flexibility index (Phi) is 12.7. The van der Waals surface area contributed by atoms with Crippen molar-refractivity contribution >= 4 is 29.0 Å². The van der Waals surface area contributed by atoms with Gasteiger partial charge in [-0.15, -0.1) is 0 Å². The van der Waals surface area contributed by atoms with E-state index >= 15 is 0 Å². The predicted octanol–water partition coefficient (Wildman–Crippen LogP) is 8.47. The first-order chi connectivity index (χ1) is 26.2. The summed E-state index contributed by atoms with van der Waals surface area (Å²) >= 11 is 0. The number of hydrogen-bond acceptors (Lipinski definition) is 7. The van der Waals surface area contributed by atoms with Crippen molar-refractivity contribution in [2.75, 3.05) is 26.1 Å². The van der Waals surface area contributed by atoms with E-state index in [4.69, 9.17) is 9.47 Å². The molecule has 1 saturated carbocycles. The summed E-state index contributed by atoms with van der Waals surface area (Å²) in [6, 6.07) is 19.2. The molecule has 0 aliphatic heterocycles. The van der Waals surface area contributed by atoms with Gasteiger partial charge in [0.25, 0.3) is 5.91 Å². The van der Waals surface area contributed by atoms with Gasteiger partial charge < -0.3 is 24.8 Å². The minimum atomic E-state index is -1.12. The fourth-order valence-electron chi connectivity index (χ4n) is 7.85. The molecular formula is C44H50N4O6. The molecule has 0 saturated heterocycles. The van der Waals surface area contributed by atoms with Crippen LogP contribution in [0.2, 0.25) is 0 Å². The van der Waals surface area contributed by atoms with E-state index in [-0.39, 0.29) is 18.9 Å². The fraction of sp³-hybridized carbons (Fsp3) is 0.386. The predicted molar refractivity (Wildman–Crippen MR) is 209 cm³/mol. The van der Waals surface area contributed by atoms with E-state index in [1.807, 2.05) is 36.7 Å². The molecule has 4 aromatic rings. The third-order valence-electron chi connectivity index (χ3n) is 11.1. The number of carbonyl (C=O) groups is 3. The number of methoxy groups -OCH3 is 2. The number of rotatable bonds is 14. The van der Waals surface area contributed by atoms with Crippen LogP contribution < -0.4 is 14.8 Å². The van der Waals surface area contributed by atoms with Gasteiger partial charge in [-0.2, -0.15) is 0 Å². The van der Waals surface area contributed by atoms with Gasteiger partial charge >= 0.3 is 5.97 Å². The average Bonchev–Trinajstić information content (AvgIpc) is 3.21. The summed E-state index contributed by atoms with van der Waals surface area (Å²) in [5, 5.41) is 12.4. The number of aliphatic carboxylic acids is 1. The van der Waals surface area contributed by atoms with Crippen molar-refractivity contribution in [1.29, 1.82) is 0 Å². The molecular weight excluding hydrogens is 681 g/mol. The summed E-state index contributed by atoms with van der Waals surface area (Å²) in [6.45, 7) is 1.96. The first-order valence-corrected chi connectivity index (χ1v) is 19.0. The second kappa shape index (κ2) is 18.0. The molecule has 0 radical (unpaired) electrons. The van der Waals surface area contributed by atoms with Crippen LogP contribution in [0.15, 0.2) is 85.2 Å². The zero-order valence-electron chi connectivity index (χ0n) is 31.4. The van der Waals surface area contributed by atoms with Crippen LogP contribution in [0, 0.1) is 17.8 Å². The van der Waals surface area contributed by atoms with Crippen LogP contribution in [0.1, 0.15) is 85.3 Å². The molecule has 2 aliphatic carbocycles. The lowest BCUT2D eigenvalue weighted by molar-refractivity contribution is -0.137. The summed E-state index contributed by atoms with van der Waals surface area (Å²) in [7, 11) is 3.09. The topological polar surface area (TPSA) is 131 Å². The first kappa shape index (κ1) is 38.2. The number of nitrogens with zero attached hydrogens (tertiary/aromatic N) is 3. The fourth-order valence-corrected chi connectivity index (χ4v) is 7.85. The minimum absolute atomic E-state index is 0.0784. The number of ether oxygens (including phenoxy) is 2. The molecule has 1 heterocycles. The molecule has 0 bridgehead atoms. The molecule has 2 aliphatic rings. The van der Waals surface area contributed by atoms with Crippen molar-refractivity contribution in [3.8, 4) is 22.9 Å². The molecule has 1 atom stereocenters. The zero-order valence-corrected chi connectivity index (χ0v) is 31.4. The van der Waals surface area contributed by atoms with Crippen LogP contribution in [0.25, 0.3) is 17.0 Å². The number of anilines is 1.